The van der Waals surface area contributed by atoms with E-state index in [0.717, 1.165) is 0 Å². The highest BCUT2D eigenvalue weighted by atomic mass is 19.4. The van der Waals surface area contributed by atoms with Crippen molar-refractivity contribution in [1.82, 2.24) is 0 Å². The lowest BCUT2D eigenvalue weighted by Gasteiger charge is -2.36. The van der Waals surface area contributed by atoms with Gasteiger partial charge < -0.3 is 4.74 Å². The Morgan fingerprint density at radius 2 is 0.613 bits per heavy atom. The van der Waals surface area contributed by atoms with Crippen LogP contribution in [0.15, 0.2) is 0 Å². The van der Waals surface area contributed by atoms with Crippen LogP contribution in [0.2, 0.25) is 0 Å². The van der Waals surface area contributed by atoms with Gasteiger partial charge in [0.25, 0.3) is 0 Å². The first-order chi connectivity index (χ1) is 13.1. The van der Waals surface area contributed by atoms with Gasteiger partial charge in [-0.05, 0) is 0 Å². The van der Waals surface area contributed by atoms with Gasteiger partial charge in [-0.3, -0.25) is 0 Å². The fourth-order valence-corrected chi connectivity index (χ4v) is 1.49. The zero-order valence-corrected chi connectivity index (χ0v) is 13.4. The van der Waals surface area contributed by atoms with Crippen molar-refractivity contribution in [3.8, 4) is 0 Å². The molecule has 0 heterocycles. The maximum absolute atomic E-state index is 13.3. The molecule has 0 saturated heterocycles. The summed E-state index contributed by atoms with van der Waals surface area (Å²) >= 11 is 0. The van der Waals surface area contributed by atoms with Gasteiger partial charge in [0.15, 0.2) is 0 Å². The van der Waals surface area contributed by atoms with Gasteiger partial charge in [0, 0.05) is 0 Å². The van der Waals surface area contributed by atoms with Crippen LogP contribution in [-0.4, -0.2) is 61.8 Å². The maximum Gasteiger partial charge on any atom is 0.525 e. The van der Waals surface area contributed by atoms with Crippen LogP contribution in [0, 0.1) is 0 Å². The molecular formula is C10H4F18O3. The Kier molecular flexibility index (Phi) is 7.83. The second kappa shape index (κ2) is 8.19. The predicted molar refractivity (Wildman–Crippen MR) is 54.8 cm³/mol. The van der Waals surface area contributed by atoms with E-state index < -0.39 is 61.8 Å². The molecule has 0 spiro atoms. The van der Waals surface area contributed by atoms with Gasteiger partial charge in [0.05, 0.1) is 0 Å². The smallest absolute Gasteiger partial charge is 0.368 e. The van der Waals surface area contributed by atoms with E-state index in [1.165, 1.54) is 0 Å². The molecular weight excluding hydrogens is 510 g/mol. The second-order valence-corrected chi connectivity index (χ2v) is 5.18. The van der Waals surface area contributed by atoms with Gasteiger partial charge in [-0.2, -0.15) is 52.7 Å². The molecule has 2 atom stereocenters. The van der Waals surface area contributed by atoms with E-state index in [2.05, 4.69) is 4.74 Å². The van der Waals surface area contributed by atoms with Crippen LogP contribution >= 0.6 is 0 Å². The molecule has 0 N–H and O–H groups in total. The van der Waals surface area contributed by atoms with Crippen molar-refractivity contribution in [3.05, 3.63) is 0 Å². The van der Waals surface area contributed by atoms with Crippen LogP contribution < -0.4 is 0 Å². The van der Waals surface area contributed by atoms with Crippen LogP contribution in [-0.2, 0) is 14.2 Å². The van der Waals surface area contributed by atoms with Crippen molar-refractivity contribution >= 4 is 0 Å². The first-order valence-corrected chi connectivity index (χ1v) is 6.50. The molecule has 0 amide bonds. The Morgan fingerprint density at radius 3 is 0.774 bits per heavy atom. The molecule has 0 aromatic carbocycles. The lowest BCUT2D eigenvalue weighted by molar-refractivity contribution is -0.494. The molecule has 3 nitrogen and oxygen atoms in total. The molecule has 31 heavy (non-hydrogen) atoms. The summed E-state index contributed by atoms with van der Waals surface area (Å²) in [7, 11) is 0. The number of rotatable bonds is 8. The third-order valence-corrected chi connectivity index (χ3v) is 2.75. The van der Waals surface area contributed by atoms with Crippen molar-refractivity contribution in [2.75, 3.05) is 13.2 Å². The van der Waals surface area contributed by atoms with Crippen molar-refractivity contribution < 1.29 is 93.2 Å². The van der Waals surface area contributed by atoms with Crippen LogP contribution in [0.5, 0.6) is 0 Å². The minimum Gasteiger partial charge on any atom is -0.368 e. The summed E-state index contributed by atoms with van der Waals surface area (Å²) in [5.74, 6) is -27.4. The number of alkyl halides is 18. The fourth-order valence-electron chi connectivity index (χ4n) is 1.49. The van der Waals surface area contributed by atoms with Crippen molar-refractivity contribution in [3.63, 3.8) is 0 Å². The van der Waals surface area contributed by atoms with Gasteiger partial charge in [-0.15, -0.1) is 26.3 Å². The first-order valence-electron chi connectivity index (χ1n) is 6.50. The maximum atomic E-state index is 13.3. The summed E-state index contributed by atoms with van der Waals surface area (Å²) < 4.78 is 230. The predicted octanol–water partition coefficient (Wildman–Crippen LogP) is 5.80. The van der Waals surface area contributed by atoms with E-state index in [4.69, 9.17) is 0 Å². The minimum absolute atomic E-state index is 1.59. The van der Waals surface area contributed by atoms with Crippen LogP contribution in [0.25, 0.3) is 0 Å². The average Bonchev–Trinajstić information content (AvgIpc) is 2.40. The van der Waals surface area contributed by atoms with Crippen LogP contribution in [0.1, 0.15) is 0 Å². The molecule has 0 aliphatic rings. The van der Waals surface area contributed by atoms with E-state index in [9.17, 15) is 79.0 Å². The Hall–Kier alpha value is -1.38. The number of ether oxygens (including phenoxy) is 3. The zero-order chi connectivity index (χ0) is 25.5. The molecule has 188 valence electrons. The highest BCUT2D eigenvalue weighted by molar-refractivity contribution is 4.95. The van der Waals surface area contributed by atoms with Gasteiger partial charge in [0.1, 0.15) is 13.2 Å². The molecule has 0 aliphatic heterocycles. The lowest BCUT2D eigenvalue weighted by atomic mass is 10.1. The van der Waals surface area contributed by atoms with Crippen molar-refractivity contribution in [2.45, 2.75) is 48.6 Å². The SMILES string of the molecule is FC(F)(F)OC(F)(C(F)(F)F)C(F)(F)COCC(F)(F)C(F)(OC(F)(F)F)C(F)(F)F. The van der Waals surface area contributed by atoms with Gasteiger partial charge in [-0.1, -0.05) is 0 Å². The number of hydrogen-bond donors (Lipinski definition) is 0. The summed E-state index contributed by atoms with van der Waals surface area (Å²) in [6.45, 7) is -7.21. The minimum atomic E-state index is -7.27. The highest BCUT2D eigenvalue weighted by Crippen LogP contribution is 2.51. The molecule has 0 radical (unpaired) electrons. The number of halogens is 18. The van der Waals surface area contributed by atoms with E-state index >= 15 is 0 Å². The Bertz CT molecular complexity index is 550. The molecule has 0 aromatic rings. The van der Waals surface area contributed by atoms with Crippen molar-refractivity contribution in [1.29, 1.82) is 0 Å². The monoisotopic (exact) mass is 514 g/mol. The Balaban J connectivity index is 5.78. The summed E-state index contributed by atoms with van der Waals surface area (Å²) in [5.41, 5.74) is 0. The first kappa shape index (κ1) is 29.6. The Morgan fingerprint density at radius 1 is 0.387 bits per heavy atom. The highest BCUT2D eigenvalue weighted by Gasteiger charge is 2.78. The largest absolute Gasteiger partial charge is 0.525 e. The van der Waals surface area contributed by atoms with Gasteiger partial charge >= 0.3 is 48.6 Å². The molecule has 0 fully saturated rings. The van der Waals surface area contributed by atoms with E-state index in [0.29, 0.717) is 0 Å². The molecule has 0 bridgehead atoms. The third-order valence-electron chi connectivity index (χ3n) is 2.75. The van der Waals surface area contributed by atoms with Crippen LogP contribution in [0.3, 0.4) is 0 Å². The molecule has 0 aromatic heterocycles. The molecule has 21 heteroatoms. The molecule has 0 saturated carbocycles. The standard InChI is InChI=1S/C10H4F18O3/c11-3(12,5(15,7(17,18)19)30-9(23,24)25)1-29-2-4(13,14)6(16,8(20,21)22)31-10(26,27)28/h1-2H2. The van der Waals surface area contributed by atoms with Crippen LogP contribution in [0.4, 0.5) is 79.0 Å². The molecule has 0 aliphatic carbocycles. The zero-order valence-electron chi connectivity index (χ0n) is 13.4. The van der Waals surface area contributed by atoms with Gasteiger partial charge in [-0.25, -0.2) is 9.47 Å². The summed E-state index contributed by atoms with van der Waals surface area (Å²) in [6.07, 6.45) is -28.1. The molecule has 0 rings (SSSR count). The third kappa shape index (κ3) is 6.80. The Labute approximate surface area is 156 Å². The van der Waals surface area contributed by atoms with E-state index in [1.807, 2.05) is 0 Å². The van der Waals surface area contributed by atoms with E-state index in [-0.39, 0.29) is 0 Å². The summed E-state index contributed by atoms with van der Waals surface area (Å²) in [5, 5.41) is 0. The lowest BCUT2D eigenvalue weighted by Crippen LogP contribution is -2.63. The van der Waals surface area contributed by atoms with Gasteiger partial charge in [0.2, 0.25) is 0 Å². The average molecular weight is 514 g/mol. The van der Waals surface area contributed by atoms with Crippen molar-refractivity contribution in [2.24, 2.45) is 0 Å². The topological polar surface area (TPSA) is 27.7 Å². The quantitative estimate of drug-likeness (QED) is 0.384. The summed E-state index contributed by atoms with van der Waals surface area (Å²) in [4.78, 5) is 0. The van der Waals surface area contributed by atoms with E-state index in [1.54, 1.807) is 9.47 Å². The normalized spacial score (nSPS) is 19.2. The summed E-state index contributed by atoms with van der Waals surface area (Å²) in [6, 6.07) is 0. The number of hydrogen-bond acceptors (Lipinski definition) is 3. The fraction of sp³-hybridized carbons (Fsp3) is 1.00. The molecule has 2 unspecified atom stereocenters. The second-order valence-electron chi connectivity index (χ2n) is 5.18.